The van der Waals surface area contributed by atoms with Gasteiger partial charge in [-0.1, -0.05) is 0 Å². The fourth-order valence-corrected chi connectivity index (χ4v) is 2.10. The Kier molecular flexibility index (Phi) is 6.95. The van der Waals surface area contributed by atoms with Crippen LogP contribution in [0, 0.1) is 0 Å². The van der Waals surface area contributed by atoms with E-state index in [1.807, 2.05) is 38.1 Å². The molecule has 0 heterocycles. The van der Waals surface area contributed by atoms with E-state index in [1.165, 1.54) is 0 Å². The summed E-state index contributed by atoms with van der Waals surface area (Å²) in [6.07, 6.45) is 0. The number of benzene rings is 2. The van der Waals surface area contributed by atoms with Gasteiger partial charge >= 0.3 is 0 Å². The molecule has 0 saturated heterocycles. The summed E-state index contributed by atoms with van der Waals surface area (Å²) in [6, 6.07) is 14.5. The van der Waals surface area contributed by atoms with Crippen LogP contribution in [0.5, 0.6) is 17.2 Å². The van der Waals surface area contributed by atoms with E-state index < -0.39 is 0 Å². The third-order valence-electron chi connectivity index (χ3n) is 3.22. The number of rotatable bonds is 9. The van der Waals surface area contributed by atoms with E-state index >= 15 is 0 Å². The molecule has 0 fully saturated rings. The van der Waals surface area contributed by atoms with E-state index in [1.54, 1.807) is 24.3 Å². The molecule has 1 amide bonds. The van der Waals surface area contributed by atoms with Crippen molar-refractivity contribution in [2.75, 3.05) is 26.4 Å². The molecule has 0 atom stereocenters. The average molecular weight is 329 g/mol. The smallest absolute Gasteiger partial charge is 0.251 e. The minimum Gasteiger partial charge on any atom is -0.494 e. The first-order valence-electron chi connectivity index (χ1n) is 8.09. The number of nitrogens with one attached hydrogen (secondary N) is 1. The Morgan fingerprint density at radius 3 is 1.75 bits per heavy atom. The lowest BCUT2D eigenvalue weighted by molar-refractivity contribution is 0.0947. The maximum Gasteiger partial charge on any atom is 0.251 e. The van der Waals surface area contributed by atoms with Crippen LogP contribution in [0.4, 0.5) is 0 Å². The molecule has 128 valence electrons. The third-order valence-corrected chi connectivity index (χ3v) is 3.22. The number of ether oxygens (including phenoxy) is 3. The summed E-state index contributed by atoms with van der Waals surface area (Å²) in [7, 11) is 0. The molecule has 2 aromatic carbocycles. The van der Waals surface area contributed by atoms with Crippen molar-refractivity contribution in [3.8, 4) is 17.2 Å². The molecule has 0 unspecified atom stereocenters. The Balaban J connectivity index is 1.72. The van der Waals surface area contributed by atoms with Gasteiger partial charge in [0.05, 0.1) is 19.8 Å². The number of amides is 1. The Bertz CT molecular complexity index is 623. The Hall–Kier alpha value is -2.69. The minimum absolute atomic E-state index is 0.131. The first-order valence-corrected chi connectivity index (χ1v) is 8.09. The van der Waals surface area contributed by atoms with E-state index in [9.17, 15) is 4.79 Å². The lowest BCUT2D eigenvalue weighted by Gasteiger charge is -2.09. The molecular formula is C19H23NO4. The highest BCUT2D eigenvalue weighted by atomic mass is 16.5. The Morgan fingerprint density at radius 1 is 0.792 bits per heavy atom. The highest BCUT2D eigenvalue weighted by molar-refractivity contribution is 5.94. The standard InChI is InChI=1S/C19H23NO4/c1-3-22-16-7-5-15(6-8-16)19(21)20-13-14-24-18-11-9-17(10-12-18)23-4-2/h5-12H,3-4,13-14H2,1-2H3,(H,20,21). The quantitative estimate of drug-likeness (QED) is 0.717. The predicted molar refractivity (Wildman–Crippen MR) is 93.1 cm³/mol. The van der Waals surface area contributed by atoms with Gasteiger partial charge in [-0.2, -0.15) is 0 Å². The molecule has 24 heavy (non-hydrogen) atoms. The lowest BCUT2D eigenvalue weighted by Crippen LogP contribution is -2.28. The highest BCUT2D eigenvalue weighted by Gasteiger charge is 2.05. The van der Waals surface area contributed by atoms with Crippen molar-refractivity contribution in [1.29, 1.82) is 0 Å². The number of hydrogen-bond donors (Lipinski definition) is 1. The Morgan fingerprint density at radius 2 is 1.25 bits per heavy atom. The van der Waals surface area contributed by atoms with Crippen LogP contribution in [0.2, 0.25) is 0 Å². The van der Waals surface area contributed by atoms with Gasteiger partial charge in [-0.3, -0.25) is 4.79 Å². The molecule has 0 bridgehead atoms. The van der Waals surface area contributed by atoms with Gasteiger partial charge in [0.2, 0.25) is 0 Å². The van der Waals surface area contributed by atoms with Crippen molar-refractivity contribution in [2.45, 2.75) is 13.8 Å². The summed E-state index contributed by atoms with van der Waals surface area (Å²) >= 11 is 0. The monoisotopic (exact) mass is 329 g/mol. The van der Waals surface area contributed by atoms with E-state index in [2.05, 4.69) is 5.32 Å². The number of hydrogen-bond acceptors (Lipinski definition) is 4. The molecule has 0 aliphatic heterocycles. The van der Waals surface area contributed by atoms with Gasteiger partial charge in [-0.25, -0.2) is 0 Å². The van der Waals surface area contributed by atoms with Crippen molar-refractivity contribution in [3.05, 3.63) is 54.1 Å². The fourth-order valence-electron chi connectivity index (χ4n) is 2.10. The van der Waals surface area contributed by atoms with Crippen molar-refractivity contribution in [1.82, 2.24) is 5.32 Å². The van der Waals surface area contributed by atoms with Crippen LogP contribution in [-0.2, 0) is 0 Å². The van der Waals surface area contributed by atoms with Gasteiger partial charge in [0.15, 0.2) is 0 Å². The van der Waals surface area contributed by atoms with Crippen molar-refractivity contribution < 1.29 is 19.0 Å². The van der Waals surface area contributed by atoms with Gasteiger partial charge in [-0.15, -0.1) is 0 Å². The van der Waals surface area contributed by atoms with Crippen LogP contribution in [0.25, 0.3) is 0 Å². The zero-order chi connectivity index (χ0) is 17.2. The summed E-state index contributed by atoms with van der Waals surface area (Å²) in [4.78, 5) is 12.0. The van der Waals surface area contributed by atoms with Crippen LogP contribution < -0.4 is 19.5 Å². The number of carbonyl (C=O) groups excluding carboxylic acids is 1. The minimum atomic E-state index is -0.131. The van der Waals surface area contributed by atoms with Crippen molar-refractivity contribution in [3.63, 3.8) is 0 Å². The molecule has 1 N–H and O–H groups in total. The van der Waals surface area contributed by atoms with Crippen LogP contribution in [-0.4, -0.2) is 32.3 Å². The average Bonchev–Trinajstić information content (AvgIpc) is 2.61. The van der Waals surface area contributed by atoms with Crippen molar-refractivity contribution >= 4 is 5.91 Å². The molecule has 0 radical (unpaired) electrons. The molecule has 0 aliphatic rings. The second-order valence-electron chi connectivity index (χ2n) is 4.97. The van der Waals surface area contributed by atoms with E-state index in [-0.39, 0.29) is 5.91 Å². The first-order chi connectivity index (χ1) is 11.7. The molecule has 0 spiro atoms. The topological polar surface area (TPSA) is 56.8 Å². The summed E-state index contributed by atoms with van der Waals surface area (Å²) in [6.45, 7) is 5.94. The van der Waals surface area contributed by atoms with Crippen LogP contribution in [0.15, 0.2) is 48.5 Å². The van der Waals surface area contributed by atoms with Crippen LogP contribution >= 0.6 is 0 Å². The highest BCUT2D eigenvalue weighted by Crippen LogP contribution is 2.17. The second kappa shape index (κ2) is 9.45. The molecule has 0 saturated carbocycles. The summed E-state index contributed by atoms with van der Waals surface area (Å²) in [5.74, 6) is 2.18. The van der Waals surface area contributed by atoms with Crippen LogP contribution in [0.3, 0.4) is 0 Å². The van der Waals surface area contributed by atoms with Gasteiger partial charge in [0, 0.05) is 5.56 Å². The first kappa shape index (κ1) is 17.7. The molecular weight excluding hydrogens is 306 g/mol. The van der Waals surface area contributed by atoms with E-state index in [0.717, 1.165) is 17.2 Å². The van der Waals surface area contributed by atoms with Crippen molar-refractivity contribution in [2.24, 2.45) is 0 Å². The molecule has 0 aliphatic carbocycles. The zero-order valence-corrected chi connectivity index (χ0v) is 14.1. The SMILES string of the molecule is CCOc1ccc(OCCNC(=O)c2ccc(OCC)cc2)cc1. The molecule has 2 aromatic rings. The maximum absolute atomic E-state index is 12.0. The molecule has 5 heteroatoms. The predicted octanol–water partition coefficient (Wildman–Crippen LogP) is 3.29. The molecule has 0 aromatic heterocycles. The fraction of sp³-hybridized carbons (Fsp3) is 0.316. The Labute approximate surface area is 142 Å². The van der Waals surface area contributed by atoms with Crippen LogP contribution in [0.1, 0.15) is 24.2 Å². The maximum atomic E-state index is 12.0. The van der Waals surface area contributed by atoms with Gasteiger partial charge in [0.25, 0.3) is 5.91 Å². The largest absolute Gasteiger partial charge is 0.494 e. The lowest BCUT2D eigenvalue weighted by atomic mass is 10.2. The summed E-state index contributed by atoms with van der Waals surface area (Å²) < 4.78 is 16.3. The van der Waals surface area contributed by atoms with E-state index in [0.29, 0.717) is 31.9 Å². The number of carbonyl (C=O) groups is 1. The normalized spacial score (nSPS) is 10.1. The third kappa shape index (κ3) is 5.50. The van der Waals surface area contributed by atoms with Gasteiger partial charge < -0.3 is 19.5 Å². The molecule has 5 nitrogen and oxygen atoms in total. The summed E-state index contributed by atoms with van der Waals surface area (Å²) in [5, 5.41) is 2.82. The molecule has 2 rings (SSSR count). The second-order valence-corrected chi connectivity index (χ2v) is 4.97. The zero-order valence-electron chi connectivity index (χ0n) is 14.1. The van der Waals surface area contributed by atoms with Gasteiger partial charge in [-0.05, 0) is 62.4 Å². The van der Waals surface area contributed by atoms with E-state index in [4.69, 9.17) is 14.2 Å². The van der Waals surface area contributed by atoms with Gasteiger partial charge in [0.1, 0.15) is 23.9 Å². The summed E-state index contributed by atoms with van der Waals surface area (Å²) in [5.41, 5.74) is 0.597.